The summed E-state index contributed by atoms with van der Waals surface area (Å²) in [5.74, 6) is 0. The van der Waals surface area contributed by atoms with Crippen LogP contribution in [0.1, 0.15) is 90.4 Å². The van der Waals surface area contributed by atoms with E-state index in [-0.39, 0.29) is 6.61 Å². The van der Waals surface area contributed by atoms with E-state index in [1.54, 1.807) is 0 Å². The van der Waals surface area contributed by atoms with Crippen molar-refractivity contribution in [1.82, 2.24) is 0 Å². The maximum atomic E-state index is 9.51. The molecule has 0 fully saturated rings. The Balaban J connectivity index is 3.26. The zero-order chi connectivity index (χ0) is 17.9. The van der Waals surface area contributed by atoms with Gasteiger partial charge in [0.05, 0.1) is 12.7 Å². The summed E-state index contributed by atoms with van der Waals surface area (Å²) < 4.78 is 0. The molecule has 0 saturated carbocycles. The second-order valence-electron chi connectivity index (χ2n) is 6.69. The van der Waals surface area contributed by atoms with E-state index >= 15 is 0 Å². The predicted molar refractivity (Wildman–Crippen MR) is 103 cm³/mol. The average Bonchev–Trinajstić information content (AvgIpc) is 2.60. The lowest BCUT2D eigenvalue weighted by Crippen LogP contribution is -2.28. The predicted octanol–water partition coefficient (Wildman–Crippen LogP) is 4.90. The maximum Gasteiger partial charge on any atom is 0.103 e. The van der Waals surface area contributed by atoms with Crippen LogP contribution in [0.5, 0.6) is 0 Å². The number of hydrogen-bond donors (Lipinski definition) is 3. The lowest BCUT2D eigenvalue weighted by Gasteiger charge is -2.14. The summed E-state index contributed by atoms with van der Waals surface area (Å²) in [4.78, 5) is 0. The van der Waals surface area contributed by atoms with Gasteiger partial charge in [-0.2, -0.15) is 0 Å². The SMILES string of the molecule is CCCCCC=CCC=CCCCCCCCCC(O)C(O)CO. The summed E-state index contributed by atoms with van der Waals surface area (Å²) in [6.45, 7) is 1.88. The maximum absolute atomic E-state index is 9.51. The van der Waals surface area contributed by atoms with Gasteiger partial charge in [-0.05, 0) is 38.5 Å². The normalized spacial score (nSPS) is 14.7. The van der Waals surface area contributed by atoms with Crippen LogP contribution in [0.2, 0.25) is 0 Å². The van der Waals surface area contributed by atoms with Gasteiger partial charge >= 0.3 is 0 Å². The van der Waals surface area contributed by atoms with Gasteiger partial charge in [0.25, 0.3) is 0 Å². The third-order valence-electron chi connectivity index (χ3n) is 4.33. The fourth-order valence-electron chi connectivity index (χ4n) is 2.66. The highest BCUT2D eigenvalue weighted by Crippen LogP contribution is 2.11. The van der Waals surface area contributed by atoms with E-state index in [1.165, 1.54) is 57.8 Å². The van der Waals surface area contributed by atoms with Crippen molar-refractivity contribution in [3.8, 4) is 0 Å². The number of rotatable bonds is 17. The van der Waals surface area contributed by atoms with Crippen LogP contribution in [-0.4, -0.2) is 34.1 Å². The van der Waals surface area contributed by atoms with Crippen LogP contribution in [0.25, 0.3) is 0 Å². The van der Waals surface area contributed by atoms with Gasteiger partial charge in [-0.25, -0.2) is 0 Å². The molecule has 3 N–H and O–H groups in total. The highest BCUT2D eigenvalue weighted by molar-refractivity contribution is 4.92. The highest BCUT2D eigenvalue weighted by Gasteiger charge is 2.13. The van der Waals surface area contributed by atoms with Crippen molar-refractivity contribution < 1.29 is 15.3 Å². The van der Waals surface area contributed by atoms with Crippen LogP contribution in [-0.2, 0) is 0 Å². The fourth-order valence-corrected chi connectivity index (χ4v) is 2.66. The summed E-state index contributed by atoms with van der Waals surface area (Å²) in [6.07, 6.45) is 22.3. The van der Waals surface area contributed by atoms with E-state index in [0.29, 0.717) is 6.42 Å². The molecule has 2 unspecified atom stereocenters. The molecule has 0 spiro atoms. The Morgan fingerprint density at radius 2 is 1.21 bits per heavy atom. The Hall–Kier alpha value is -0.640. The van der Waals surface area contributed by atoms with E-state index < -0.39 is 12.2 Å². The molecule has 0 amide bonds. The first-order valence-electron chi connectivity index (χ1n) is 9.99. The van der Waals surface area contributed by atoms with E-state index in [9.17, 15) is 10.2 Å². The number of hydrogen-bond acceptors (Lipinski definition) is 3. The fraction of sp³-hybridized carbons (Fsp3) is 0.810. The Morgan fingerprint density at radius 1 is 0.667 bits per heavy atom. The third kappa shape index (κ3) is 16.2. The zero-order valence-corrected chi connectivity index (χ0v) is 15.7. The van der Waals surface area contributed by atoms with Crippen molar-refractivity contribution in [2.75, 3.05) is 6.61 Å². The Bertz CT molecular complexity index is 299. The van der Waals surface area contributed by atoms with Crippen LogP contribution in [0.15, 0.2) is 24.3 Å². The molecule has 0 aromatic heterocycles. The van der Waals surface area contributed by atoms with E-state index in [4.69, 9.17) is 5.11 Å². The van der Waals surface area contributed by atoms with Crippen LogP contribution in [0.3, 0.4) is 0 Å². The van der Waals surface area contributed by atoms with Crippen LogP contribution in [0.4, 0.5) is 0 Å². The second-order valence-corrected chi connectivity index (χ2v) is 6.69. The molecule has 0 heterocycles. The standard InChI is InChI=1S/C21H40O3/c1-2-3-4-5-6-7-8-9-10-11-12-13-14-15-16-17-18-20(23)21(24)19-22/h6-7,9-10,20-24H,2-5,8,11-19H2,1H3. The minimum absolute atomic E-state index is 0.358. The summed E-state index contributed by atoms with van der Waals surface area (Å²) >= 11 is 0. The van der Waals surface area contributed by atoms with Crippen molar-refractivity contribution in [3.05, 3.63) is 24.3 Å². The minimum atomic E-state index is -0.983. The number of unbranched alkanes of at least 4 members (excludes halogenated alkanes) is 9. The average molecular weight is 341 g/mol. The molecule has 0 aromatic rings. The largest absolute Gasteiger partial charge is 0.394 e. The van der Waals surface area contributed by atoms with Gasteiger partial charge in [-0.3, -0.25) is 0 Å². The van der Waals surface area contributed by atoms with Crippen molar-refractivity contribution in [2.24, 2.45) is 0 Å². The molecular formula is C21H40O3. The van der Waals surface area contributed by atoms with Crippen molar-refractivity contribution in [2.45, 2.75) is 103 Å². The quantitative estimate of drug-likeness (QED) is 0.260. The highest BCUT2D eigenvalue weighted by atomic mass is 16.4. The molecule has 3 nitrogen and oxygen atoms in total. The molecule has 0 aliphatic heterocycles. The second kappa shape index (κ2) is 18.7. The van der Waals surface area contributed by atoms with Gasteiger partial charge in [-0.1, -0.05) is 76.2 Å². The molecule has 0 aliphatic rings. The summed E-state index contributed by atoms with van der Waals surface area (Å²) in [5, 5.41) is 27.5. The topological polar surface area (TPSA) is 60.7 Å². The van der Waals surface area contributed by atoms with Gasteiger partial charge in [0, 0.05) is 0 Å². The van der Waals surface area contributed by atoms with Gasteiger partial charge in [-0.15, -0.1) is 0 Å². The lowest BCUT2D eigenvalue weighted by molar-refractivity contribution is -0.0185. The first-order chi connectivity index (χ1) is 11.7. The number of allylic oxidation sites excluding steroid dienone is 4. The van der Waals surface area contributed by atoms with E-state index in [1.807, 2.05) is 0 Å². The van der Waals surface area contributed by atoms with Gasteiger partial charge in [0.1, 0.15) is 6.10 Å². The van der Waals surface area contributed by atoms with E-state index in [0.717, 1.165) is 19.3 Å². The minimum Gasteiger partial charge on any atom is -0.394 e. The molecule has 0 radical (unpaired) electrons. The summed E-state index contributed by atoms with van der Waals surface area (Å²) in [7, 11) is 0. The first-order valence-corrected chi connectivity index (χ1v) is 9.99. The van der Waals surface area contributed by atoms with E-state index in [2.05, 4.69) is 31.2 Å². The van der Waals surface area contributed by atoms with Gasteiger partial charge in [0.15, 0.2) is 0 Å². The Morgan fingerprint density at radius 3 is 1.79 bits per heavy atom. The molecule has 0 bridgehead atoms. The number of aliphatic hydroxyl groups excluding tert-OH is 3. The Kier molecular flexibility index (Phi) is 18.2. The van der Waals surface area contributed by atoms with Gasteiger partial charge < -0.3 is 15.3 Å². The Labute approximate surface area is 149 Å². The molecule has 0 aromatic carbocycles. The van der Waals surface area contributed by atoms with Crippen LogP contribution >= 0.6 is 0 Å². The molecule has 0 rings (SSSR count). The molecule has 0 saturated heterocycles. The zero-order valence-electron chi connectivity index (χ0n) is 15.7. The summed E-state index contributed by atoms with van der Waals surface area (Å²) in [5.41, 5.74) is 0. The van der Waals surface area contributed by atoms with Crippen LogP contribution in [0, 0.1) is 0 Å². The molecule has 3 heteroatoms. The molecule has 142 valence electrons. The number of aliphatic hydroxyl groups is 3. The molecular weight excluding hydrogens is 300 g/mol. The molecule has 0 aliphatic carbocycles. The molecule has 2 atom stereocenters. The summed E-state index contributed by atoms with van der Waals surface area (Å²) in [6, 6.07) is 0. The molecule has 24 heavy (non-hydrogen) atoms. The smallest absolute Gasteiger partial charge is 0.103 e. The van der Waals surface area contributed by atoms with Crippen molar-refractivity contribution >= 4 is 0 Å². The van der Waals surface area contributed by atoms with Crippen molar-refractivity contribution in [3.63, 3.8) is 0 Å². The van der Waals surface area contributed by atoms with Gasteiger partial charge in [0.2, 0.25) is 0 Å². The monoisotopic (exact) mass is 340 g/mol. The lowest BCUT2D eigenvalue weighted by atomic mass is 10.0. The van der Waals surface area contributed by atoms with Crippen LogP contribution < -0.4 is 0 Å². The van der Waals surface area contributed by atoms with Crippen molar-refractivity contribution in [1.29, 1.82) is 0 Å². The third-order valence-corrected chi connectivity index (χ3v) is 4.33. The first kappa shape index (κ1) is 23.4.